The molecule has 2 aromatic rings. The standard InChI is InChI=1S/C9H10N4O2S/c1-16(14,15)7-4-12-13(6-7)9-2-3-11-5-8(9)10/h2-6H,10H2,1H3. The topological polar surface area (TPSA) is 90.9 Å². The van der Waals surface area contributed by atoms with Crippen LogP contribution in [0.3, 0.4) is 0 Å². The van der Waals surface area contributed by atoms with Crippen molar-refractivity contribution in [1.82, 2.24) is 14.8 Å². The third-order valence-corrected chi connectivity index (χ3v) is 3.13. The first kappa shape index (κ1) is 10.6. The number of hydrogen-bond donors (Lipinski definition) is 1. The number of pyridine rings is 1. The minimum absolute atomic E-state index is 0.156. The largest absolute Gasteiger partial charge is 0.396 e. The molecular weight excluding hydrogens is 228 g/mol. The molecule has 0 saturated carbocycles. The van der Waals surface area contributed by atoms with Crippen LogP contribution < -0.4 is 5.73 Å². The molecule has 0 unspecified atom stereocenters. The summed E-state index contributed by atoms with van der Waals surface area (Å²) in [5.41, 5.74) is 6.74. The second-order valence-electron chi connectivity index (χ2n) is 3.33. The van der Waals surface area contributed by atoms with Crippen LogP contribution in [-0.2, 0) is 9.84 Å². The first-order chi connectivity index (χ1) is 7.48. The Hall–Kier alpha value is -1.89. The predicted molar refractivity (Wildman–Crippen MR) is 58.9 cm³/mol. The van der Waals surface area contributed by atoms with Gasteiger partial charge in [0.15, 0.2) is 9.84 Å². The van der Waals surface area contributed by atoms with E-state index < -0.39 is 9.84 Å². The molecule has 0 spiro atoms. The number of hydrogen-bond acceptors (Lipinski definition) is 5. The first-order valence-electron chi connectivity index (χ1n) is 4.43. The third kappa shape index (κ3) is 1.89. The van der Waals surface area contributed by atoms with E-state index in [1.165, 1.54) is 23.3 Å². The number of anilines is 1. The lowest BCUT2D eigenvalue weighted by Gasteiger charge is -2.03. The van der Waals surface area contributed by atoms with Crippen LogP contribution in [0, 0.1) is 0 Å². The van der Waals surface area contributed by atoms with E-state index in [2.05, 4.69) is 10.1 Å². The average Bonchev–Trinajstić information content (AvgIpc) is 2.66. The molecule has 0 fully saturated rings. The summed E-state index contributed by atoms with van der Waals surface area (Å²) in [4.78, 5) is 4.00. The fraction of sp³-hybridized carbons (Fsp3) is 0.111. The Morgan fingerprint density at radius 1 is 1.38 bits per heavy atom. The number of nitrogens with zero attached hydrogens (tertiary/aromatic N) is 3. The van der Waals surface area contributed by atoms with Crippen molar-refractivity contribution in [2.75, 3.05) is 12.0 Å². The fourth-order valence-electron chi connectivity index (χ4n) is 1.24. The minimum atomic E-state index is -3.24. The van der Waals surface area contributed by atoms with Gasteiger partial charge in [-0.3, -0.25) is 4.98 Å². The normalized spacial score (nSPS) is 11.6. The smallest absolute Gasteiger partial charge is 0.178 e. The van der Waals surface area contributed by atoms with Gasteiger partial charge in [0.2, 0.25) is 0 Å². The van der Waals surface area contributed by atoms with Crippen LogP contribution >= 0.6 is 0 Å². The van der Waals surface area contributed by atoms with E-state index in [9.17, 15) is 8.42 Å². The maximum Gasteiger partial charge on any atom is 0.178 e. The number of rotatable bonds is 2. The Balaban J connectivity index is 2.52. The van der Waals surface area contributed by atoms with Gasteiger partial charge in [0.05, 0.1) is 23.8 Å². The SMILES string of the molecule is CS(=O)(=O)c1cnn(-c2ccncc2N)c1. The molecule has 0 bridgehead atoms. The molecule has 0 saturated heterocycles. The molecular formula is C9H10N4O2S. The molecule has 2 aromatic heterocycles. The van der Waals surface area contributed by atoms with Crippen LogP contribution in [0.25, 0.3) is 5.69 Å². The second-order valence-corrected chi connectivity index (χ2v) is 5.34. The highest BCUT2D eigenvalue weighted by atomic mass is 32.2. The summed E-state index contributed by atoms with van der Waals surface area (Å²) in [6.45, 7) is 0. The Morgan fingerprint density at radius 2 is 2.12 bits per heavy atom. The van der Waals surface area contributed by atoms with Gasteiger partial charge in [-0.1, -0.05) is 0 Å². The molecule has 2 rings (SSSR count). The Labute approximate surface area is 92.6 Å². The van der Waals surface area contributed by atoms with Gasteiger partial charge in [-0.2, -0.15) is 5.10 Å². The van der Waals surface area contributed by atoms with Crippen molar-refractivity contribution in [2.24, 2.45) is 0 Å². The molecule has 0 amide bonds. The molecule has 0 aliphatic rings. The first-order valence-corrected chi connectivity index (χ1v) is 6.32. The number of nitrogen functional groups attached to an aromatic ring is 1. The molecule has 2 N–H and O–H groups in total. The van der Waals surface area contributed by atoms with Crippen molar-refractivity contribution in [3.63, 3.8) is 0 Å². The summed E-state index contributed by atoms with van der Waals surface area (Å²) in [5.74, 6) is 0. The van der Waals surface area contributed by atoms with Crippen molar-refractivity contribution in [1.29, 1.82) is 0 Å². The van der Waals surface area contributed by atoms with Crippen molar-refractivity contribution in [3.8, 4) is 5.69 Å². The molecule has 2 heterocycles. The molecule has 16 heavy (non-hydrogen) atoms. The van der Waals surface area contributed by atoms with Gasteiger partial charge in [0.25, 0.3) is 0 Å². The molecule has 0 aliphatic carbocycles. The number of nitrogens with two attached hydrogens (primary N) is 1. The van der Waals surface area contributed by atoms with Crippen LogP contribution in [0.5, 0.6) is 0 Å². The zero-order valence-corrected chi connectivity index (χ0v) is 9.35. The quantitative estimate of drug-likeness (QED) is 0.810. The Kier molecular flexibility index (Phi) is 2.39. The summed E-state index contributed by atoms with van der Waals surface area (Å²) >= 11 is 0. The molecule has 0 aliphatic heterocycles. The highest BCUT2D eigenvalue weighted by molar-refractivity contribution is 7.90. The molecule has 0 aromatic carbocycles. The summed E-state index contributed by atoms with van der Waals surface area (Å²) < 4.78 is 23.9. The van der Waals surface area contributed by atoms with Gasteiger partial charge in [-0.15, -0.1) is 0 Å². The predicted octanol–water partition coefficient (Wildman–Crippen LogP) is 0.253. The maximum absolute atomic E-state index is 11.3. The van der Waals surface area contributed by atoms with Gasteiger partial charge in [-0.05, 0) is 6.07 Å². The van der Waals surface area contributed by atoms with E-state index in [1.54, 1.807) is 12.3 Å². The zero-order valence-electron chi connectivity index (χ0n) is 8.53. The highest BCUT2D eigenvalue weighted by Gasteiger charge is 2.11. The molecule has 6 nitrogen and oxygen atoms in total. The second kappa shape index (κ2) is 3.60. The fourth-order valence-corrected chi connectivity index (χ4v) is 1.77. The van der Waals surface area contributed by atoms with Crippen molar-refractivity contribution in [3.05, 3.63) is 30.9 Å². The monoisotopic (exact) mass is 238 g/mol. The lowest BCUT2D eigenvalue weighted by atomic mass is 10.3. The zero-order chi connectivity index (χ0) is 11.8. The summed E-state index contributed by atoms with van der Waals surface area (Å²) in [7, 11) is -3.24. The van der Waals surface area contributed by atoms with Crippen LogP contribution in [0.1, 0.15) is 0 Å². The van der Waals surface area contributed by atoms with E-state index in [1.807, 2.05) is 0 Å². The Bertz CT molecular complexity index is 618. The van der Waals surface area contributed by atoms with Gasteiger partial charge in [-0.25, -0.2) is 13.1 Å². The third-order valence-electron chi connectivity index (χ3n) is 2.06. The van der Waals surface area contributed by atoms with Crippen molar-refractivity contribution >= 4 is 15.5 Å². The van der Waals surface area contributed by atoms with Crippen LogP contribution in [0.2, 0.25) is 0 Å². The summed E-state index contributed by atoms with van der Waals surface area (Å²) in [6, 6.07) is 1.66. The van der Waals surface area contributed by atoms with Crippen LogP contribution in [-0.4, -0.2) is 29.4 Å². The van der Waals surface area contributed by atoms with E-state index >= 15 is 0 Å². The molecule has 7 heteroatoms. The average molecular weight is 238 g/mol. The number of aromatic nitrogens is 3. The Morgan fingerprint density at radius 3 is 2.69 bits per heavy atom. The van der Waals surface area contributed by atoms with Crippen LogP contribution in [0.4, 0.5) is 5.69 Å². The highest BCUT2D eigenvalue weighted by Crippen LogP contribution is 2.16. The maximum atomic E-state index is 11.3. The molecule has 84 valence electrons. The number of sulfone groups is 1. The lowest BCUT2D eigenvalue weighted by molar-refractivity contribution is 0.602. The van der Waals surface area contributed by atoms with Gasteiger partial charge >= 0.3 is 0 Å². The molecule has 0 atom stereocenters. The van der Waals surface area contributed by atoms with Gasteiger partial charge in [0, 0.05) is 18.6 Å². The van der Waals surface area contributed by atoms with E-state index in [4.69, 9.17) is 5.73 Å². The van der Waals surface area contributed by atoms with Gasteiger partial charge in [0.1, 0.15) is 4.90 Å². The summed E-state index contributed by atoms with van der Waals surface area (Å²) in [6.07, 6.45) is 6.88. The molecule has 0 radical (unpaired) electrons. The minimum Gasteiger partial charge on any atom is -0.396 e. The van der Waals surface area contributed by atoms with Gasteiger partial charge < -0.3 is 5.73 Å². The van der Waals surface area contributed by atoms with E-state index in [-0.39, 0.29) is 4.90 Å². The van der Waals surface area contributed by atoms with Crippen molar-refractivity contribution < 1.29 is 8.42 Å². The summed E-state index contributed by atoms with van der Waals surface area (Å²) in [5, 5.41) is 3.94. The van der Waals surface area contributed by atoms with E-state index in [0.29, 0.717) is 11.4 Å². The van der Waals surface area contributed by atoms with E-state index in [0.717, 1.165) is 6.26 Å². The van der Waals surface area contributed by atoms with Crippen LogP contribution in [0.15, 0.2) is 35.7 Å². The van der Waals surface area contributed by atoms with Crippen molar-refractivity contribution in [2.45, 2.75) is 4.90 Å². The lowest BCUT2D eigenvalue weighted by Crippen LogP contribution is -2.00.